The van der Waals surface area contributed by atoms with Gasteiger partial charge in [-0.1, -0.05) is 30.3 Å². The number of anilines is 1. The summed E-state index contributed by atoms with van der Waals surface area (Å²) in [6, 6.07) is 10.2. The summed E-state index contributed by atoms with van der Waals surface area (Å²) in [5.41, 5.74) is 1.96. The van der Waals surface area contributed by atoms with E-state index in [1.165, 1.54) is 10.4 Å². The van der Waals surface area contributed by atoms with E-state index in [0.29, 0.717) is 5.88 Å². The molecule has 1 atom stereocenters. The zero-order valence-corrected chi connectivity index (χ0v) is 12.4. The molecule has 1 aromatic heterocycles. The molecule has 4 heteroatoms. The molecule has 0 radical (unpaired) electrons. The average molecular weight is 281 g/mol. The summed E-state index contributed by atoms with van der Waals surface area (Å²) in [5.74, 6) is 0.495. The summed E-state index contributed by atoms with van der Waals surface area (Å²) < 4.78 is 0. The van der Waals surface area contributed by atoms with Crippen molar-refractivity contribution in [1.29, 1.82) is 0 Å². The maximum Gasteiger partial charge on any atom is 0.183 e. The Bertz CT molecular complexity index is 504. The van der Waals surface area contributed by atoms with Crippen LogP contribution in [0.15, 0.2) is 30.3 Å². The minimum absolute atomic E-state index is 0.292. The Morgan fingerprint density at radius 3 is 2.44 bits per heavy atom. The molecular formula is C14H17ClN2S. The van der Waals surface area contributed by atoms with Crippen LogP contribution in [0.5, 0.6) is 0 Å². The number of benzene rings is 1. The van der Waals surface area contributed by atoms with Crippen LogP contribution in [0.4, 0.5) is 5.13 Å². The summed E-state index contributed by atoms with van der Waals surface area (Å²) in [6.45, 7) is 6.21. The van der Waals surface area contributed by atoms with E-state index in [4.69, 9.17) is 11.6 Å². The highest BCUT2D eigenvalue weighted by molar-refractivity contribution is 7.15. The van der Waals surface area contributed by atoms with Crippen molar-refractivity contribution in [2.45, 2.75) is 26.3 Å². The summed E-state index contributed by atoms with van der Waals surface area (Å²) in [6.07, 6.45) is 0. The summed E-state index contributed by atoms with van der Waals surface area (Å²) in [5, 5.41) is 4.39. The van der Waals surface area contributed by atoms with Gasteiger partial charge in [-0.2, -0.15) is 0 Å². The predicted octanol–water partition coefficient (Wildman–Crippen LogP) is 4.33. The Kier molecular flexibility index (Phi) is 3.93. The fourth-order valence-electron chi connectivity index (χ4n) is 1.75. The van der Waals surface area contributed by atoms with Crippen molar-refractivity contribution >= 4 is 28.1 Å². The van der Waals surface area contributed by atoms with Crippen molar-refractivity contribution in [3.8, 4) is 0 Å². The number of nitrogens with one attached hydrogen (secondary N) is 1. The second kappa shape index (κ2) is 5.29. The van der Waals surface area contributed by atoms with Crippen molar-refractivity contribution in [3.05, 3.63) is 46.5 Å². The van der Waals surface area contributed by atoms with E-state index in [1.807, 2.05) is 25.1 Å². The molecule has 0 fully saturated rings. The van der Waals surface area contributed by atoms with Crippen LogP contribution in [0.25, 0.3) is 0 Å². The van der Waals surface area contributed by atoms with Gasteiger partial charge in [-0.15, -0.1) is 22.9 Å². The van der Waals surface area contributed by atoms with Gasteiger partial charge < -0.3 is 5.32 Å². The molecule has 0 saturated carbocycles. The number of rotatable bonds is 4. The lowest BCUT2D eigenvalue weighted by Gasteiger charge is -2.29. The Balaban J connectivity index is 2.28. The maximum absolute atomic E-state index is 6.15. The molecule has 0 amide bonds. The van der Waals surface area contributed by atoms with Gasteiger partial charge in [0.1, 0.15) is 0 Å². The Hall–Kier alpha value is -1.06. The number of alkyl halides is 1. The molecule has 0 aliphatic heterocycles. The second-order valence-corrected chi connectivity index (χ2v) is 6.09. The standard InChI is InChI=1S/C14H17ClN2S/c1-10-11(2)18-13(16-10)17-14(3,9-15)12-7-5-4-6-8-12/h4-8H,9H2,1-3H3,(H,16,17). The van der Waals surface area contributed by atoms with Gasteiger partial charge in [-0.05, 0) is 26.3 Å². The van der Waals surface area contributed by atoms with Crippen LogP contribution in [0.1, 0.15) is 23.1 Å². The van der Waals surface area contributed by atoms with Crippen molar-refractivity contribution in [2.24, 2.45) is 0 Å². The lowest BCUT2D eigenvalue weighted by atomic mass is 9.94. The first-order valence-electron chi connectivity index (χ1n) is 5.89. The highest BCUT2D eigenvalue weighted by atomic mass is 35.5. The fourth-order valence-corrected chi connectivity index (χ4v) is 2.91. The number of halogens is 1. The molecule has 0 aliphatic carbocycles. The van der Waals surface area contributed by atoms with Gasteiger partial charge >= 0.3 is 0 Å². The van der Waals surface area contributed by atoms with Crippen LogP contribution in [0.2, 0.25) is 0 Å². The number of hydrogen-bond donors (Lipinski definition) is 1. The molecule has 1 unspecified atom stereocenters. The lowest BCUT2D eigenvalue weighted by Crippen LogP contribution is -2.33. The topological polar surface area (TPSA) is 24.9 Å². The number of hydrogen-bond acceptors (Lipinski definition) is 3. The maximum atomic E-state index is 6.15. The van der Waals surface area contributed by atoms with Gasteiger partial charge in [-0.25, -0.2) is 4.98 Å². The van der Waals surface area contributed by atoms with E-state index in [-0.39, 0.29) is 5.54 Å². The second-order valence-electron chi connectivity index (χ2n) is 4.62. The summed E-state index contributed by atoms with van der Waals surface area (Å²) in [4.78, 5) is 5.76. The molecule has 18 heavy (non-hydrogen) atoms. The van der Waals surface area contributed by atoms with Crippen LogP contribution < -0.4 is 5.32 Å². The smallest absolute Gasteiger partial charge is 0.183 e. The van der Waals surface area contributed by atoms with E-state index >= 15 is 0 Å². The lowest BCUT2D eigenvalue weighted by molar-refractivity contribution is 0.616. The van der Waals surface area contributed by atoms with Gasteiger partial charge in [0.15, 0.2) is 5.13 Å². The molecule has 2 aromatic rings. The van der Waals surface area contributed by atoms with E-state index in [0.717, 1.165) is 10.8 Å². The molecule has 1 heterocycles. The van der Waals surface area contributed by atoms with Crippen LogP contribution in [-0.2, 0) is 5.54 Å². The normalized spacial score (nSPS) is 14.2. The number of thiazole rings is 1. The van der Waals surface area contributed by atoms with Crippen molar-refractivity contribution < 1.29 is 0 Å². The highest BCUT2D eigenvalue weighted by Crippen LogP contribution is 2.30. The molecule has 2 nitrogen and oxygen atoms in total. The first kappa shape index (κ1) is 13.4. The molecule has 96 valence electrons. The van der Waals surface area contributed by atoms with E-state index < -0.39 is 0 Å². The molecule has 0 bridgehead atoms. The van der Waals surface area contributed by atoms with Crippen molar-refractivity contribution in [1.82, 2.24) is 4.98 Å². The minimum Gasteiger partial charge on any atom is -0.351 e. The fraction of sp³-hybridized carbons (Fsp3) is 0.357. The molecule has 0 saturated heterocycles. The number of aryl methyl sites for hydroxylation is 2. The average Bonchev–Trinajstić information content (AvgIpc) is 2.69. The summed E-state index contributed by atoms with van der Waals surface area (Å²) >= 11 is 7.82. The monoisotopic (exact) mass is 280 g/mol. The first-order valence-corrected chi connectivity index (χ1v) is 7.24. The van der Waals surface area contributed by atoms with E-state index in [2.05, 4.69) is 36.3 Å². The Morgan fingerprint density at radius 1 is 1.28 bits per heavy atom. The number of aromatic nitrogens is 1. The van der Waals surface area contributed by atoms with Crippen LogP contribution in [0, 0.1) is 13.8 Å². The van der Waals surface area contributed by atoms with Gasteiger partial charge in [-0.3, -0.25) is 0 Å². The molecular weight excluding hydrogens is 264 g/mol. The third-order valence-corrected chi connectivity index (χ3v) is 4.61. The van der Waals surface area contributed by atoms with E-state index in [9.17, 15) is 0 Å². The van der Waals surface area contributed by atoms with Crippen molar-refractivity contribution in [3.63, 3.8) is 0 Å². The molecule has 1 aromatic carbocycles. The first-order chi connectivity index (χ1) is 8.55. The van der Waals surface area contributed by atoms with Crippen LogP contribution in [0.3, 0.4) is 0 Å². The van der Waals surface area contributed by atoms with Crippen LogP contribution in [-0.4, -0.2) is 10.9 Å². The van der Waals surface area contributed by atoms with Gasteiger partial charge in [0.2, 0.25) is 0 Å². The summed E-state index contributed by atoms with van der Waals surface area (Å²) in [7, 11) is 0. The Labute approximate surface area is 117 Å². The quantitative estimate of drug-likeness (QED) is 0.844. The number of nitrogens with zero attached hydrogens (tertiary/aromatic N) is 1. The van der Waals surface area contributed by atoms with Crippen molar-refractivity contribution in [2.75, 3.05) is 11.2 Å². The van der Waals surface area contributed by atoms with Gasteiger partial charge in [0.25, 0.3) is 0 Å². The molecule has 2 rings (SSSR count). The largest absolute Gasteiger partial charge is 0.351 e. The molecule has 0 spiro atoms. The SMILES string of the molecule is Cc1nc(NC(C)(CCl)c2ccccc2)sc1C. The predicted molar refractivity (Wildman–Crippen MR) is 79.7 cm³/mol. The van der Waals surface area contributed by atoms with Gasteiger partial charge in [0, 0.05) is 10.8 Å². The third-order valence-electron chi connectivity index (χ3n) is 3.09. The highest BCUT2D eigenvalue weighted by Gasteiger charge is 2.26. The molecule has 1 N–H and O–H groups in total. The minimum atomic E-state index is -0.292. The molecule has 0 aliphatic rings. The van der Waals surface area contributed by atoms with Gasteiger partial charge in [0.05, 0.1) is 11.2 Å². The van der Waals surface area contributed by atoms with Crippen LogP contribution >= 0.6 is 22.9 Å². The third kappa shape index (κ3) is 2.68. The zero-order chi connectivity index (χ0) is 13.2. The zero-order valence-electron chi connectivity index (χ0n) is 10.8. The Morgan fingerprint density at radius 2 is 1.94 bits per heavy atom. The van der Waals surface area contributed by atoms with E-state index in [1.54, 1.807) is 11.3 Å².